The lowest BCUT2D eigenvalue weighted by atomic mass is 9.99. The number of aliphatic hydroxyl groups is 1. The highest BCUT2D eigenvalue weighted by Gasteiger charge is 2.30. The molecule has 0 saturated carbocycles. The summed E-state index contributed by atoms with van der Waals surface area (Å²) < 4.78 is 68.5. The van der Waals surface area contributed by atoms with Gasteiger partial charge in [0.2, 0.25) is 0 Å². The number of hydrogen-bond acceptors (Lipinski definition) is 15. The third kappa shape index (κ3) is 70.4. The molecule has 17 nitrogen and oxygen atoms in total. The third-order valence-electron chi connectivity index (χ3n) is 17.9. The summed E-state index contributed by atoms with van der Waals surface area (Å²) in [6, 6.07) is 0. The monoisotopic (exact) mass is 1420 g/mol. The minimum atomic E-state index is -4.97. The Labute approximate surface area is 592 Å². The molecule has 0 rings (SSSR count). The van der Waals surface area contributed by atoms with Crippen LogP contribution in [0.25, 0.3) is 0 Å². The number of phosphoric ester groups is 2. The molecule has 0 saturated heterocycles. The summed E-state index contributed by atoms with van der Waals surface area (Å²) in [6.07, 6.45) is 57.6. The average Bonchev–Trinajstić information content (AvgIpc) is 1.08. The first-order valence-corrected chi connectivity index (χ1v) is 42.7. The maximum atomic E-state index is 13.1. The molecule has 0 heterocycles. The fourth-order valence-corrected chi connectivity index (χ4v) is 13.0. The normalized spacial score (nSPS) is 14.5. The predicted molar refractivity (Wildman–Crippen MR) is 395 cm³/mol. The van der Waals surface area contributed by atoms with Crippen molar-refractivity contribution in [3.63, 3.8) is 0 Å². The Bertz CT molecular complexity index is 1980. The molecule has 0 aliphatic carbocycles. The average molecular weight is 1420 g/mol. The van der Waals surface area contributed by atoms with Crippen LogP contribution < -0.4 is 0 Å². The van der Waals surface area contributed by atoms with Crippen LogP contribution in [0.3, 0.4) is 0 Å². The maximum absolute atomic E-state index is 13.1. The summed E-state index contributed by atoms with van der Waals surface area (Å²) in [5.41, 5.74) is 0. The molecule has 6 atom stereocenters. The maximum Gasteiger partial charge on any atom is 0.472 e. The van der Waals surface area contributed by atoms with Crippen molar-refractivity contribution in [3.05, 3.63) is 24.3 Å². The van der Waals surface area contributed by atoms with Crippen LogP contribution in [0, 0.1) is 17.8 Å². The van der Waals surface area contributed by atoms with E-state index in [4.69, 9.17) is 37.0 Å². The van der Waals surface area contributed by atoms with Gasteiger partial charge < -0.3 is 33.8 Å². The Balaban J connectivity index is 5.29. The van der Waals surface area contributed by atoms with Gasteiger partial charge in [0.15, 0.2) is 12.2 Å². The van der Waals surface area contributed by atoms with Gasteiger partial charge in [0.25, 0.3) is 0 Å². The Morgan fingerprint density at radius 2 is 0.608 bits per heavy atom. The molecule has 0 fully saturated rings. The van der Waals surface area contributed by atoms with Gasteiger partial charge in [-0.15, -0.1) is 0 Å². The number of aliphatic hydroxyl groups excluding tert-OH is 1. The van der Waals surface area contributed by atoms with Gasteiger partial charge in [0, 0.05) is 25.7 Å². The van der Waals surface area contributed by atoms with Crippen molar-refractivity contribution in [2.45, 2.75) is 394 Å². The molecule has 0 aromatic heterocycles. The van der Waals surface area contributed by atoms with Crippen molar-refractivity contribution in [1.29, 1.82) is 0 Å². The molecule has 0 aromatic carbocycles. The van der Waals surface area contributed by atoms with E-state index in [0.29, 0.717) is 25.7 Å². The molecule has 0 aromatic rings. The van der Waals surface area contributed by atoms with E-state index in [2.05, 4.69) is 72.8 Å². The number of hydrogen-bond donors (Lipinski definition) is 3. The number of ether oxygens (including phenoxy) is 4. The zero-order chi connectivity index (χ0) is 71.6. The highest BCUT2D eigenvalue weighted by Crippen LogP contribution is 2.45. The van der Waals surface area contributed by atoms with Crippen LogP contribution in [-0.4, -0.2) is 96.7 Å². The minimum Gasteiger partial charge on any atom is -0.462 e. The van der Waals surface area contributed by atoms with Crippen molar-refractivity contribution >= 4 is 39.5 Å². The van der Waals surface area contributed by atoms with Gasteiger partial charge in [-0.1, -0.05) is 323 Å². The van der Waals surface area contributed by atoms with Crippen LogP contribution in [0.15, 0.2) is 24.3 Å². The Hall–Kier alpha value is -2.46. The lowest BCUT2D eigenvalue weighted by Gasteiger charge is -2.21. The molecular weight excluding hydrogens is 1270 g/mol. The summed E-state index contributed by atoms with van der Waals surface area (Å²) >= 11 is 0. The number of rotatable bonds is 74. The second kappa shape index (κ2) is 68.0. The van der Waals surface area contributed by atoms with Gasteiger partial charge in [-0.2, -0.15) is 0 Å². The predicted octanol–water partition coefficient (Wildman–Crippen LogP) is 22.5. The van der Waals surface area contributed by atoms with E-state index in [-0.39, 0.29) is 25.7 Å². The highest BCUT2D eigenvalue weighted by molar-refractivity contribution is 7.47. The molecule has 0 aliphatic rings. The van der Waals surface area contributed by atoms with Crippen molar-refractivity contribution in [2.75, 3.05) is 39.6 Å². The molecule has 19 heteroatoms. The second-order valence-electron chi connectivity index (χ2n) is 28.6. The van der Waals surface area contributed by atoms with Gasteiger partial charge >= 0.3 is 39.5 Å². The first kappa shape index (κ1) is 94.5. The first-order valence-electron chi connectivity index (χ1n) is 39.7. The number of phosphoric acid groups is 2. The molecule has 4 unspecified atom stereocenters. The number of allylic oxidation sites excluding steroid dienone is 4. The van der Waals surface area contributed by atoms with E-state index < -0.39 is 97.5 Å². The van der Waals surface area contributed by atoms with E-state index in [1.807, 2.05) is 0 Å². The summed E-state index contributed by atoms with van der Waals surface area (Å²) in [4.78, 5) is 72.9. The number of esters is 4. The van der Waals surface area contributed by atoms with Gasteiger partial charge in [0.05, 0.1) is 26.4 Å². The van der Waals surface area contributed by atoms with Crippen LogP contribution in [0.1, 0.15) is 376 Å². The largest absolute Gasteiger partial charge is 0.472 e. The minimum absolute atomic E-state index is 0.0850. The topological polar surface area (TPSA) is 237 Å². The zero-order valence-corrected chi connectivity index (χ0v) is 64.8. The van der Waals surface area contributed by atoms with E-state index >= 15 is 0 Å². The number of carbonyl (C=O) groups excluding carboxylic acids is 4. The smallest absolute Gasteiger partial charge is 0.462 e. The van der Waals surface area contributed by atoms with Gasteiger partial charge in [0.1, 0.15) is 19.3 Å². The molecule has 0 bridgehead atoms. The summed E-state index contributed by atoms with van der Waals surface area (Å²) in [6.45, 7) is 11.9. The Morgan fingerprint density at radius 1 is 0.340 bits per heavy atom. The van der Waals surface area contributed by atoms with E-state index in [0.717, 1.165) is 120 Å². The molecule has 3 N–H and O–H groups in total. The van der Waals surface area contributed by atoms with Gasteiger partial charge in [-0.05, 0) is 69.1 Å². The van der Waals surface area contributed by atoms with Crippen LogP contribution >= 0.6 is 15.6 Å². The number of carbonyl (C=O) groups is 4. The lowest BCUT2D eigenvalue weighted by molar-refractivity contribution is -0.161. The molecule has 0 radical (unpaired) electrons. The fraction of sp³-hybridized carbons (Fsp3) is 0.897. The second-order valence-corrected chi connectivity index (χ2v) is 31.5. The zero-order valence-electron chi connectivity index (χ0n) is 63.0. The van der Waals surface area contributed by atoms with E-state index in [1.165, 1.54) is 173 Å². The number of unbranched alkanes of at least 4 members (excludes halogenated alkanes) is 38. The standard InChI is InChI=1S/C78H148O17P2/c1-8-10-11-12-13-14-15-16-17-22-25-31-40-47-54-61-77(82)94-73(65-88-75(80)59-52-45-38-30-24-21-19-18-20-23-29-37-44-51-58-71(7)9-2)67-92-96(84,85)90-63-72(79)64-91-97(86,87)93-68-74(66-89-76(81)60-53-46-39-34-33-36-43-50-57-70(5)6)95-78(83)62-55-48-41-32-27-26-28-35-42-49-56-69(3)4/h14-17,69-74,79H,8-13,18-68H2,1-7H3,(H,84,85)(H,86,87)/b15-14-,17-16-/t71?,72?,73-,74-/m1/s1. The van der Waals surface area contributed by atoms with Crippen molar-refractivity contribution in [3.8, 4) is 0 Å². The van der Waals surface area contributed by atoms with Crippen LogP contribution in [-0.2, 0) is 65.4 Å². The molecule has 0 aliphatic heterocycles. The lowest BCUT2D eigenvalue weighted by Crippen LogP contribution is -2.30. The van der Waals surface area contributed by atoms with Crippen LogP contribution in [0.2, 0.25) is 0 Å². The van der Waals surface area contributed by atoms with Crippen molar-refractivity contribution in [2.24, 2.45) is 17.8 Å². The van der Waals surface area contributed by atoms with Gasteiger partial charge in [-0.3, -0.25) is 37.3 Å². The summed E-state index contributed by atoms with van der Waals surface area (Å²) in [5.74, 6) is 0.177. The quantitative estimate of drug-likeness (QED) is 0.0169. The molecule has 0 amide bonds. The fourth-order valence-electron chi connectivity index (χ4n) is 11.4. The van der Waals surface area contributed by atoms with Gasteiger partial charge in [-0.25, -0.2) is 9.13 Å². The third-order valence-corrected chi connectivity index (χ3v) is 19.8. The van der Waals surface area contributed by atoms with E-state index in [9.17, 15) is 43.2 Å². The van der Waals surface area contributed by atoms with Crippen LogP contribution in [0.5, 0.6) is 0 Å². The van der Waals surface area contributed by atoms with E-state index in [1.54, 1.807) is 0 Å². The Kier molecular flexibility index (Phi) is 66.3. The summed E-state index contributed by atoms with van der Waals surface area (Å²) in [7, 11) is -9.93. The Morgan fingerprint density at radius 3 is 0.918 bits per heavy atom. The van der Waals surface area contributed by atoms with Crippen LogP contribution in [0.4, 0.5) is 0 Å². The molecule has 572 valence electrons. The molecule has 97 heavy (non-hydrogen) atoms. The summed E-state index contributed by atoms with van der Waals surface area (Å²) in [5, 5.41) is 10.6. The first-order chi connectivity index (χ1) is 46.8. The van der Waals surface area contributed by atoms with Crippen molar-refractivity contribution in [1.82, 2.24) is 0 Å². The van der Waals surface area contributed by atoms with Crippen molar-refractivity contribution < 1.29 is 80.2 Å². The SMILES string of the molecule is CCCCCC/C=C\C=C/CCCCCCCC(=O)O[C@H](COC(=O)CCCCCCCCCCCCCCCCC(C)CC)COP(=O)(O)OCC(O)COP(=O)(O)OC[C@@H](COC(=O)CCCCCCCCCCC(C)C)OC(=O)CCCCCCCCCCCCC(C)C. The molecule has 0 spiro atoms. The molecular formula is C78H148O17P2. The highest BCUT2D eigenvalue weighted by atomic mass is 31.2.